The van der Waals surface area contributed by atoms with Crippen molar-refractivity contribution in [1.82, 2.24) is 0 Å². The number of hydrogen-bond acceptors (Lipinski definition) is 1. The van der Waals surface area contributed by atoms with Crippen LogP contribution in [-0.2, 0) is 4.79 Å². The summed E-state index contributed by atoms with van der Waals surface area (Å²) in [5.74, 6) is -0.679. The number of rotatable bonds is 1. The Hall–Kier alpha value is -2.09. The van der Waals surface area contributed by atoms with Gasteiger partial charge in [0.2, 0.25) is 0 Å². The summed E-state index contributed by atoms with van der Waals surface area (Å²) in [4.78, 5) is 11.6. The lowest BCUT2D eigenvalue weighted by molar-refractivity contribution is -0.143. The summed E-state index contributed by atoms with van der Waals surface area (Å²) < 4.78 is 0. The molecule has 2 bridgehead atoms. The van der Waals surface area contributed by atoms with Crippen LogP contribution in [-0.4, -0.2) is 11.1 Å². The summed E-state index contributed by atoms with van der Waals surface area (Å²) in [6.45, 7) is 0. The van der Waals surface area contributed by atoms with E-state index in [1.807, 2.05) is 12.1 Å². The highest BCUT2D eigenvalue weighted by molar-refractivity contribution is 5.75. The monoisotopic (exact) mass is 250 g/mol. The van der Waals surface area contributed by atoms with Crippen LogP contribution < -0.4 is 0 Å². The first-order valence-electron chi connectivity index (χ1n) is 6.68. The zero-order chi connectivity index (χ0) is 13.0. The van der Waals surface area contributed by atoms with E-state index in [2.05, 4.69) is 36.4 Å². The lowest BCUT2D eigenvalue weighted by atomic mass is 9.59. The standard InChI is InChI=1S/C17H14O2/c18-17(19)15-9-14-10-5-1-3-7-12(10)16(15)13-8-4-2-6-11(13)14/h1-8,14-16H,9H2,(H,18,19)/t14?,15-,16?/m0/s1. The molecule has 19 heavy (non-hydrogen) atoms. The Labute approximate surface area is 111 Å². The van der Waals surface area contributed by atoms with Gasteiger partial charge in [0.25, 0.3) is 0 Å². The van der Waals surface area contributed by atoms with Gasteiger partial charge in [0.05, 0.1) is 5.92 Å². The molecule has 1 atom stereocenters. The molecule has 0 radical (unpaired) electrons. The Morgan fingerprint density at radius 3 is 1.84 bits per heavy atom. The van der Waals surface area contributed by atoms with E-state index in [9.17, 15) is 9.90 Å². The number of carbonyl (C=O) groups is 1. The molecule has 0 aromatic heterocycles. The van der Waals surface area contributed by atoms with E-state index in [0.29, 0.717) is 0 Å². The van der Waals surface area contributed by atoms with Crippen molar-refractivity contribution in [2.45, 2.75) is 18.3 Å². The van der Waals surface area contributed by atoms with Gasteiger partial charge in [-0.1, -0.05) is 48.5 Å². The number of benzene rings is 2. The summed E-state index contributed by atoms with van der Waals surface area (Å²) in [5, 5.41) is 9.51. The van der Waals surface area contributed by atoms with Crippen molar-refractivity contribution in [2.75, 3.05) is 0 Å². The summed E-state index contributed by atoms with van der Waals surface area (Å²) in [5.41, 5.74) is 5.07. The maximum atomic E-state index is 11.6. The molecule has 2 heteroatoms. The quantitative estimate of drug-likeness (QED) is 0.842. The fourth-order valence-corrected chi connectivity index (χ4v) is 3.88. The molecule has 5 rings (SSSR count). The molecule has 0 heterocycles. The van der Waals surface area contributed by atoms with Gasteiger partial charge >= 0.3 is 5.97 Å². The third-order valence-corrected chi connectivity index (χ3v) is 4.62. The van der Waals surface area contributed by atoms with Gasteiger partial charge in [-0.15, -0.1) is 0 Å². The number of hydrogen-bond donors (Lipinski definition) is 1. The van der Waals surface area contributed by atoms with E-state index in [1.54, 1.807) is 0 Å². The van der Waals surface area contributed by atoms with Crippen LogP contribution in [0.25, 0.3) is 0 Å². The van der Waals surface area contributed by atoms with Crippen molar-refractivity contribution in [3.8, 4) is 0 Å². The first-order valence-corrected chi connectivity index (χ1v) is 6.68. The van der Waals surface area contributed by atoms with Crippen molar-refractivity contribution >= 4 is 5.97 Å². The molecular formula is C17H14O2. The van der Waals surface area contributed by atoms with Gasteiger partial charge in [0.15, 0.2) is 0 Å². The topological polar surface area (TPSA) is 37.3 Å². The minimum absolute atomic E-state index is 0.0231. The lowest BCUT2D eigenvalue weighted by Crippen LogP contribution is -2.36. The summed E-state index contributed by atoms with van der Waals surface area (Å²) in [6, 6.07) is 16.6. The van der Waals surface area contributed by atoms with Crippen LogP contribution in [0.4, 0.5) is 0 Å². The SMILES string of the molecule is O=C(O)[C@H]1CC2c3ccccc3C1c1ccccc12. The largest absolute Gasteiger partial charge is 0.481 e. The molecule has 0 fully saturated rings. The van der Waals surface area contributed by atoms with Crippen LogP contribution in [0.3, 0.4) is 0 Å². The average molecular weight is 250 g/mol. The Kier molecular flexibility index (Phi) is 2.10. The van der Waals surface area contributed by atoms with Crippen LogP contribution in [0.15, 0.2) is 48.5 Å². The summed E-state index contributed by atoms with van der Waals surface area (Å²) in [6.07, 6.45) is 0.730. The molecule has 0 aliphatic heterocycles. The Bertz CT molecular complexity index is 627. The van der Waals surface area contributed by atoms with Crippen LogP contribution >= 0.6 is 0 Å². The highest BCUT2D eigenvalue weighted by Crippen LogP contribution is 2.55. The third-order valence-electron chi connectivity index (χ3n) is 4.62. The highest BCUT2D eigenvalue weighted by Gasteiger charge is 2.45. The first-order chi connectivity index (χ1) is 9.27. The van der Waals surface area contributed by atoms with Crippen LogP contribution in [0.5, 0.6) is 0 Å². The van der Waals surface area contributed by atoms with Crippen molar-refractivity contribution in [3.05, 3.63) is 70.8 Å². The van der Waals surface area contributed by atoms with Crippen LogP contribution in [0, 0.1) is 5.92 Å². The Morgan fingerprint density at radius 1 is 0.895 bits per heavy atom. The molecule has 2 aromatic rings. The van der Waals surface area contributed by atoms with Gasteiger partial charge in [-0.3, -0.25) is 4.79 Å². The van der Waals surface area contributed by atoms with Gasteiger partial charge in [0.1, 0.15) is 0 Å². The smallest absolute Gasteiger partial charge is 0.307 e. The van der Waals surface area contributed by atoms with E-state index in [4.69, 9.17) is 0 Å². The minimum atomic E-state index is -0.668. The number of aliphatic carboxylic acids is 1. The predicted octanol–water partition coefficient (Wildman–Crippen LogP) is 3.37. The van der Waals surface area contributed by atoms with Crippen molar-refractivity contribution in [2.24, 2.45) is 5.92 Å². The maximum absolute atomic E-state index is 11.6. The number of carboxylic acid groups (broad SMARTS) is 1. The number of fused-ring (bicyclic) bond motifs is 1. The summed E-state index contributed by atoms with van der Waals surface area (Å²) >= 11 is 0. The van der Waals surface area contributed by atoms with E-state index < -0.39 is 5.97 Å². The van der Waals surface area contributed by atoms with E-state index in [1.165, 1.54) is 22.3 Å². The average Bonchev–Trinajstić information content (AvgIpc) is 2.47. The van der Waals surface area contributed by atoms with Gasteiger partial charge in [0, 0.05) is 11.8 Å². The molecule has 1 N–H and O–H groups in total. The van der Waals surface area contributed by atoms with Crippen molar-refractivity contribution in [1.29, 1.82) is 0 Å². The second kappa shape index (κ2) is 3.70. The van der Waals surface area contributed by atoms with E-state index in [-0.39, 0.29) is 17.8 Å². The molecular weight excluding hydrogens is 236 g/mol. The van der Waals surface area contributed by atoms with Gasteiger partial charge in [-0.25, -0.2) is 0 Å². The lowest BCUT2D eigenvalue weighted by Gasteiger charge is -2.43. The van der Waals surface area contributed by atoms with Crippen LogP contribution in [0.1, 0.15) is 40.5 Å². The predicted molar refractivity (Wildman–Crippen MR) is 72.3 cm³/mol. The molecule has 0 amide bonds. The normalized spacial score (nSPS) is 26.6. The Balaban J connectivity index is 2.01. The molecule has 0 saturated heterocycles. The zero-order valence-corrected chi connectivity index (χ0v) is 10.4. The molecule has 94 valence electrons. The third kappa shape index (κ3) is 1.34. The highest BCUT2D eigenvalue weighted by atomic mass is 16.4. The van der Waals surface area contributed by atoms with Gasteiger partial charge in [-0.2, -0.15) is 0 Å². The van der Waals surface area contributed by atoms with E-state index in [0.717, 1.165) is 6.42 Å². The van der Waals surface area contributed by atoms with Gasteiger partial charge in [-0.05, 0) is 28.7 Å². The Morgan fingerprint density at radius 2 is 1.37 bits per heavy atom. The molecule has 0 spiro atoms. The molecule has 3 aliphatic rings. The minimum Gasteiger partial charge on any atom is -0.481 e. The van der Waals surface area contributed by atoms with Gasteiger partial charge < -0.3 is 5.11 Å². The van der Waals surface area contributed by atoms with Crippen LogP contribution in [0.2, 0.25) is 0 Å². The molecule has 2 aromatic carbocycles. The summed E-state index contributed by atoms with van der Waals surface area (Å²) in [7, 11) is 0. The first kappa shape index (κ1) is 10.8. The second-order valence-corrected chi connectivity index (χ2v) is 5.47. The fraction of sp³-hybridized carbons (Fsp3) is 0.235. The molecule has 3 aliphatic carbocycles. The molecule has 0 saturated carbocycles. The van der Waals surface area contributed by atoms with E-state index >= 15 is 0 Å². The van der Waals surface area contributed by atoms with Crippen molar-refractivity contribution < 1.29 is 9.90 Å². The number of carboxylic acids is 1. The molecule has 0 unspecified atom stereocenters. The van der Waals surface area contributed by atoms with Crippen molar-refractivity contribution in [3.63, 3.8) is 0 Å². The zero-order valence-electron chi connectivity index (χ0n) is 10.4. The second-order valence-electron chi connectivity index (χ2n) is 5.47. The molecule has 2 nitrogen and oxygen atoms in total. The maximum Gasteiger partial charge on any atom is 0.307 e. The fourth-order valence-electron chi connectivity index (χ4n) is 3.88.